The zero-order chi connectivity index (χ0) is 17.6. The predicted octanol–water partition coefficient (Wildman–Crippen LogP) is 1.57. The Labute approximate surface area is 145 Å². The Morgan fingerprint density at radius 1 is 1.25 bits per heavy atom. The molecule has 0 bridgehead atoms. The lowest BCUT2D eigenvalue weighted by atomic mass is 10.1. The first kappa shape index (κ1) is 20.0. The molecule has 0 unspecified atom stereocenters. The summed E-state index contributed by atoms with van der Waals surface area (Å²) in [6.07, 6.45) is 1.74. The fraction of sp³-hybridized carbons (Fsp3) is 0.556. The van der Waals surface area contributed by atoms with Crippen molar-refractivity contribution in [1.82, 2.24) is 16.0 Å². The van der Waals surface area contributed by atoms with Gasteiger partial charge in [0.2, 0.25) is 0 Å². The molecule has 1 rings (SSSR count). The molecule has 0 saturated heterocycles. The van der Waals surface area contributed by atoms with E-state index in [0.717, 1.165) is 57.2 Å². The maximum Gasteiger partial charge on any atom is 0.251 e. The zero-order valence-corrected chi connectivity index (χ0v) is 15.0. The summed E-state index contributed by atoms with van der Waals surface area (Å²) in [6, 6.07) is 7.68. The molecular weight excluding hydrogens is 304 g/mol. The summed E-state index contributed by atoms with van der Waals surface area (Å²) in [5, 5.41) is 9.20. The number of guanidine groups is 1. The number of carbonyl (C=O) groups is 1. The monoisotopic (exact) mass is 334 g/mol. The van der Waals surface area contributed by atoms with Crippen LogP contribution in [0.3, 0.4) is 0 Å². The smallest absolute Gasteiger partial charge is 0.251 e. The standard InChI is InChI=1S/C18H30N4O2/c1-4-20-18(21-11-7-13-24-5-2)22-12-10-15-8-6-9-16(14-15)17(23)19-3/h6,8-9,14H,4-5,7,10-13H2,1-3H3,(H,19,23)(H2,20,21,22). The first-order chi connectivity index (χ1) is 11.7. The van der Waals surface area contributed by atoms with Crippen molar-refractivity contribution in [1.29, 1.82) is 0 Å². The molecule has 6 nitrogen and oxygen atoms in total. The summed E-state index contributed by atoms with van der Waals surface area (Å²) in [7, 11) is 1.64. The van der Waals surface area contributed by atoms with E-state index in [1.54, 1.807) is 7.05 Å². The highest BCUT2D eigenvalue weighted by Crippen LogP contribution is 2.05. The summed E-state index contributed by atoms with van der Waals surface area (Å²) in [4.78, 5) is 16.2. The first-order valence-electron chi connectivity index (χ1n) is 8.62. The second-order valence-electron chi connectivity index (χ2n) is 5.27. The number of carbonyl (C=O) groups excluding carboxylic acids is 1. The van der Waals surface area contributed by atoms with E-state index in [9.17, 15) is 4.79 Å². The van der Waals surface area contributed by atoms with Gasteiger partial charge in [-0.05, 0) is 44.4 Å². The fourth-order valence-corrected chi connectivity index (χ4v) is 2.18. The van der Waals surface area contributed by atoms with Gasteiger partial charge in [0.05, 0.1) is 0 Å². The Kier molecular flexibility index (Phi) is 10.3. The average Bonchev–Trinajstić information content (AvgIpc) is 2.61. The maximum atomic E-state index is 11.7. The van der Waals surface area contributed by atoms with Gasteiger partial charge in [0, 0.05) is 45.5 Å². The van der Waals surface area contributed by atoms with E-state index in [1.165, 1.54) is 0 Å². The van der Waals surface area contributed by atoms with Gasteiger partial charge in [-0.3, -0.25) is 9.79 Å². The van der Waals surface area contributed by atoms with E-state index in [1.807, 2.05) is 38.1 Å². The average molecular weight is 334 g/mol. The molecule has 0 fully saturated rings. The van der Waals surface area contributed by atoms with E-state index >= 15 is 0 Å². The lowest BCUT2D eigenvalue weighted by molar-refractivity contribution is 0.0963. The lowest BCUT2D eigenvalue weighted by Crippen LogP contribution is -2.38. The van der Waals surface area contributed by atoms with Crippen molar-refractivity contribution < 1.29 is 9.53 Å². The van der Waals surface area contributed by atoms with Gasteiger partial charge < -0.3 is 20.7 Å². The Morgan fingerprint density at radius 2 is 2.08 bits per heavy atom. The minimum atomic E-state index is -0.0611. The molecule has 24 heavy (non-hydrogen) atoms. The van der Waals surface area contributed by atoms with Crippen molar-refractivity contribution in [3.63, 3.8) is 0 Å². The van der Waals surface area contributed by atoms with E-state index < -0.39 is 0 Å². The number of nitrogens with zero attached hydrogens (tertiary/aromatic N) is 1. The molecular formula is C18H30N4O2. The molecule has 0 heterocycles. The maximum absolute atomic E-state index is 11.7. The molecule has 0 aliphatic rings. The van der Waals surface area contributed by atoms with Crippen LogP contribution in [0.1, 0.15) is 36.2 Å². The van der Waals surface area contributed by atoms with Crippen LogP contribution in [0, 0.1) is 0 Å². The van der Waals surface area contributed by atoms with E-state index in [-0.39, 0.29) is 5.91 Å². The summed E-state index contributed by atoms with van der Waals surface area (Å²) in [5.41, 5.74) is 1.81. The third kappa shape index (κ3) is 7.97. The molecule has 1 amide bonds. The van der Waals surface area contributed by atoms with E-state index in [2.05, 4.69) is 20.9 Å². The van der Waals surface area contributed by atoms with Crippen molar-refractivity contribution >= 4 is 11.9 Å². The van der Waals surface area contributed by atoms with Gasteiger partial charge in [0.15, 0.2) is 5.96 Å². The normalized spacial score (nSPS) is 11.2. The third-order valence-electron chi connectivity index (χ3n) is 3.39. The minimum Gasteiger partial charge on any atom is -0.382 e. The summed E-state index contributed by atoms with van der Waals surface area (Å²) in [6.45, 7) is 7.85. The van der Waals surface area contributed by atoms with Gasteiger partial charge >= 0.3 is 0 Å². The number of benzene rings is 1. The van der Waals surface area contributed by atoms with Crippen molar-refractivity contribution in [2.45, 2.75) is 26.7 Å². The third-order valence-corrected chi connectivity index (χ3v) is 3.39. The second-order valence-corrected chi connectivity index (χ2v) is 5.27. The molecule has 134 valence electrons. The van der Waals surface area contributed by atoms with Gasteiger partial charge in [-0.2, -0.15) is 0 Å². The molecule has 0 radical (unpaired) electrons. The van der Waals surface area contributed by atoms with E-state index in [4.69, 9.17) is 4.74 Å². The van der Waals surface area contributed by atoms with Gasteiger partial charge in [0.25, 0.3) is 5.91 Å². The topological polar surface area (TPSA) is 74.8 Å². The van der Waals surface area contributed by atoms with Crippen LogP contribution in [0.15, 0.2) is 29.3 Å². The SMILES string of the molecule is CCNC(=NCCCOCC)NCCc1cccc(C(=O)NC)c1. The van der Waals surface area contributed by atoms with Crippen molar-refractivity contribution in [2.75, 3.05) is 39.9 Å². The molecule has 0 aliphatic heterocycles. The Hall–Kier alpha value is -2.08. The van der Waals surface area contributed by atoms with Gasteiger partial charge in [-0.1, -0.05) is 12.1 Å². The number of aliphatic imine (C=N–C) groups is 1. The molecule has 0 saturated carbocycles. The number of amides is 1. The molecule has 1 aromatic carbocycles. The lowest BCUT2D eigenvalue weighted by Gasteiger charge is -2.11. The van der Waals surface area contributed by atoms with Gasteiger partial charge in [-0.25, -0.2) is 0 Å². The summed E-state index contributed by atoms with van der Waals surface area (Å²) < 4.78 is 5.31. The van der Waals surface area contributed by atoms with Crippen molar-refractivity contribution in [3.8, 4) is 0 Å². The largest absolute Gasteiger partial charge is 0.382 e. The van der Waals surface area contributed by atoms with Crippen LogP contribution in [0.4, 0.5) is 0 Å². The molecule has 0 aromatic heterocycles. The number of ether oxygens (including phenoxy) is 1. The van der Waals surface area contributed by atoms with Crippen LogP contribution in [-0.2, 0) is 11.2 Å². The van der Waals surface area contributed by atoms with Crippen LogP contribution in [0.25, 0.3) is 0 Å². The first-order valence-corrected chi connectivity index (χ1v) is 8.62. The van der Waals surface area contributed by atoms with Gasteiger partial charge in [0.1, 0.15) is 0 Å². The van der Waals surface area contributed by atoms with Crippen LogP contribution in [0.2, 0.25) is 0 Å². The molecule has 0 aliphatic carbocycles. The van der Waals surface area contributed by atoms with Gasteiger partial charge in [-0.15, -0.1) is 0 Å². The molecule has 0 spiro atoms. The molecule has 3 N–H and O–H groups in total. The van der Waals surface area contributed by atoms with Crippen LogP contribution in [-0.4, -0.2) is 51.8 Å². The predicted molar refractivity (Wildman–Crippen MR) is 98.6 cm³/mol. The van der Waals surface area contributed by atoms with Crippen molar-refractivity contribution in [2.24, 2.45) is 4.99 Å². The Morgan fingerprint density at radius 3 is 2.79 bits per heavy atom. The van der Waals surface area contributed by atoms with E-state index in [0.29, 0.717) is 5.56 Å². The summed E-state index contributed by atoms with van der Waals surface area (Å²) in [5.74, 6) is 0.755. The molecule has 0 atom stereocenters. The van der Waals surface area contributed by atoms with Crippen LogP contribution >= 0.6 is 0 Å². The van der Waals surface area contributed by atoms with Crippen molar-refractivity contribution in [3.05, 3.63) is 35.4 Å². The zero-order valence-electron chi connectivity index (χ0n) is 15.0. The van der Waals surface area contributed by atoms with Crippen LogP contribution < -0.4 is 16.0 Å². The molecule has 6 heteroatoms. The Balaban J connectivity index is 2.44. The number of nitrogens with one attached hydrogen (secondary N) is 3. The highest BCUT2D eigenvalue weighted by atomic mass is 16.5. The Bertz CT molecular complexity index is 517. The quantitative estimate of drug-likeness (QED) is 0.345. The number of rotatable bonds is 10. The summed E-state index contributed by atoms with van der Waals surface area (Å²) >= 11 is 0. The highest BCUT2D eigenvalue weighted by molar-refractivity contribution is 5.94. The minimum absolute atomic E-state index is 0.0611. The van der Waals surface area contributed by atoms with Crippen LogP contribution in [0.5, 0.6) is 0 Å². The molecule has 1 aromatic rings. The second kappa shape index (κ2) is 12.4. The highest BCUT2D eigenvalue weighted by Gasteiger charge is 2.04. The number of hydrogen-bond donors (Lipinski definition) is 3. The fourth-order valence-electron chi connectivity index (χ4n) is 2.18. The number of hydrogen-bond acceptors (Lipinski definition) is 3.